The molecule has 1 aromatic carbocycles. The summed E-state index contributed by atoms with van der Waals surface area (Å²) in [7, 11) is 0. The molecule has 0 fully saturated rings. The van der Waals surface area contributed by atoms with Gasteiger partial charge in [-0.2, -0.15) is 0 Å². The maximum Gasteiger partial charge on any atom is -0.00341 e. The molecule has 1 rings (SSSR count). The summed E-state index contributed by atoms with van der Waals surface area (Å²) in [6.45, 7) is 7.96. The zero-order valence-corrected chi connectivity index (χ0v) is 10.7. The Morgan fingerprint density at radius 2 is 1.75 bits per heavy atom. The molecule has 4 N–H and O–H groups in total. The Labute approximate surface area is 99.0 Å². The van der Waals surface area contributed by atoms with Gasteiger partial charge in [-0.3, -0.25) is 0 Å². The highest BCUT2D eigenvalue weighted by molar-refractivity contribution is 5.33. The van der Waals surface area contributed by atoms with Crippen molar-refractivity contribution in [1.29, 1.82) is 0 Å². The van der Waals surface area contributed by atoms with E-state index in [1.165, 1.54) is 16.7 Å². The molecule has 0 spiro atoms. The summed E-state index contributed by atoms with van der Waals surface area (Å²) in [6, 6.07) is 6.50. The molecule has 0 aliphatic heterocycles. The van der Waals surface area contributed by atoms with Gasteiger partial charge in [0.15, 0.2) is 0 Å². The van der Waals surface area contributed by atoms with Gasteiger partial charge in [-0.05, 0) is 61.9 Å². The van der Waals surface area contributed by atoms with E-state index < -0.39 is 0 Å². The van der Waals surface area contributed by atoms with Crippen LogP contribution in [0.1, 0.15) is 23.6 Å². The van der Waals surface area contributed by atoms with Crippen LogP contribution in [0.5, 0.6) is 0 Å². The fourth-order valence-corrected chi connectivity index (χ4v) is 2.11. The van der Waals surface area contributed by atoms with Crippen LogP contribution in [0.25, 0.3) is 0 Å². The standard InChI is InChI=1S/C14H24N2/c1-10-5-4-6-13(12(10)3)7-11(2)14(8-15)9-16/h4-6,11,14H,7-9,15-16H2,1-3H3. The van der Waals surface area contributed by atoms with Crippen LogP contribution in [-0.2, 0) is 6.42 Å². The molecule has 1 unspecified atom stereocenters. The first-order chi connectivity index (χ1) is 7.60. The largest absolute Gasteiger partial charge is 0.330 e. The zero-order valence-electron chi connectivity index (χ0n) is 10.7. The maximum absolute atomic E-state index is 5.73. The van der Waals surface area contributed by atoms with Gasteiger partial charge >= 0.3 is 0 Å². The van der Waals surface area contributed by atoms with Gasteiger partial charge in [0.2, 0.25) is 0 Å². The van der Waals surface area contributed by atoms with E-state index in [1.807, 2.05) is 0 Å². The van der Waals surface area contributed by atoms with E-state index >= 15 is 0 Å². The predicted octanol–water partition coefficient (Wildman–Crippen LogP) is 2.02. The highest BCUT2D eigenvalue weighted by Crippen LogP contribution is 2.20. The van der Waals surface area contributed by atoms with Gasteiger partial charge in [0.25, 0.3) is 0 Å². The monoisotopic (exact) mass is 220 g/mol. The molecule has 0 radical (unpaired) electrons. The highest BCUT2D eigenvalue weighted by Gasteiger charge is 2.15. The average Bonchev–Trinajstić information content (AvgIpc) is 2.26. The zero-order chi connectivity index (χ0) is 12.1. The van der Waals surface area contributed by atoms with Gasteiger partial charge in [0.05, 0.1) is 0 Å². The van der Waals surface area contributed by atoms with Crippen molar-refractivity contribution in [2.24, 2.45) is 23.3 Å². The first-order valence-electron chi connectivity index (χ1n) is 6.05. The van der Waals surface area contributed by atoms with Crippen LogP contribution in [0.2, 0.25) is 0 Å². The Kier molecular flexibility index (Phi) is 4.97. The van der Waals surface area contributed by atoms with Crippen LogP contribution in [0.4, 0.5) is 0 Å². The Balaban J connectivity index is 2.76. The molecular formula is C14H24N2. The summed E-state index contributed by atoms with van der Waals surface area (Å²) < 4.78 is 0. The van der Waals surface area contributed by atoms with Crippen molar-refractivity contribution in [3.63, 3.8) is 0 Å². The van der Waals surface area contributed by atoms with Crippen molar-refractivity contribution >= 4 is 0 Å². The fraction of sp³-hybridized carbons (Fsp3) is 0.571. The number of benzene rings is 1. The van der Waals surface area contributed by atoms with Gasteiger partial charge in [0.1, 0.15) is 0 Å². The minimum Gasteiger partial charge on any atom is -0.330 e. The molecule has 0 aliphatic carbocycles. The highest BCUT2D eigenvalue weighted by atomic mass is 14.6. The lowest BCUT2D eigenvalue weighted by Crippen LogP contribution is -2.30. The average molecular weight is 220 g/mol. The SMILES string of the molecule is Cc1cccc(CC(C)C(CN)CN)c1C. The fourth-order valence-electron chi connectivity index (χ4n) is 2.11. The minimum atomic E-state index is 0.430. The molecule has 1 atom stereocenters. The van der Waals surface area contributed by atoms with E-state index in [4.69, 9.17) is 11.5 Å². The molecule has 0 heterocycles. The van der Waals surface area contributed by atoms with Crippen LogP contribution in [-0.4, -0.2) is 13.1 Å². The molecule has 0 amide bonds. The molecule has 0 saturated heterocycles. The van der Waals surface area contributed by atoms with Crippen molar-refractivity contribution in [1.82, 2.24) is 0 Å². The van der Waals surface area contributed by atoms with Crippen LogP contribution < -0.4 is 11.5 Å². The molecule has 2 nitrogen and oxygen atoms in total. The molecule has 0 aromatic heterocycles. The van der Waals surface area contributed by atoms with Gasteiger partial charge in [-0.1, -0.05) is 25.1 Å². The van der Waals surface area contributed by atoms with Gasteiger partial charge in [0, 0.05) is 0 Å². The second kappa shape index (κ2) is 6.02. The second-order valence-electron chi connectivity index (χ2n) is 4.77. The smallest absolute Gasteiger partial charge is 0.00341 e. The summed E-state index contributed by atoms with van der Waals surface area (Å²) >= 11 is 0. The number of rotatable bonds is 5. The molecule has 2 heteroatoms. The van der Waals surface area contributed by atoms with E-state index in [1.54, 1.807) is 0 Å². The minimum absolute atomic E-state index is 0.430. The van der Waals surface area contributed by atoms with E-state index in [2.05, 4.69) is 39.0 Å². The third-order valence-electron chi connectivity index (χ3n) is 3.67. The van der Waals surface area contributed by atoms with Crippen LogP contribution in [0.15, 0.2) is 18.2 Å². The van der Waals surface area contributed by atoms with Crippen LogP contribution in [0, 0.1) is 25.7 Å². The third kappa shape index (κ3) is 3.06. The summed E-state index contributed by atoms with van der Waals surface area (Å²) in [5.74, 6) is 0.982. The van der Waals surface area contributed by atoms with E-state index in [-0.39, 0.29) is 0 Å². The summed E-state index contributed by atoms with van der Waals surface area (Å²) in [5, 5.41) is 0. The quantitative estimate of drug-likeness (QED) is 0.797. The molecule has 90 valence electrons. The Morgan fingerprint density at radius 1 is 1.12 bits per heavy atom. The Hall–Kier alpha value is -0.860. The van der Waals surface area contributed by atoms with Crippen molar-refractivity contribution in [2.75, 3.05) is 13.1 Å². The molecule has 16 heavy (non-hydrogen) atoms. The second-order valence-corrected chi connectivity index (χ2v) is 4.77. The lowest BCUT2D eigenvalue weighted by atomic mass is 9.86. The van der Waals surface area contributed by atoms with Gasteiger partial charge in [-0.25, -0.2) is 0 Å². The van der Waals surface area contributed by atoms with Crippen LogP contribution >= 0.6 is 0 Å². The van der Waals surface area contributed by atoms with Crippen LogP contribution in [0.3, 0.4) is 0 Å². The topological polar surface area (TPSA) is 52.0 Å². The first-order valence-corrected chi connectivity index (χ1v) is 6.05. The lowest BCUT2D eigenvalue weighted by molar-refractivity contribution is 0.372. The molecule has 0 bridgehead atoms. The molecule has 1 aromatic rings. The number of hydrogen-bond donors (Lipinski definition) is 2. The normalized spacial score (nSPS) is 13.1. The number of nitrogens with two attached hydrogens (primary N) is 2. The Bertz CT molecular complexity index is 330. The number of aryl methyl sites for hydroxylation is 1. The third-order valence-corrected chi connectivity index (χ3v) is 3.67. The summed E-state index contributed by atoms with van der Waals surface area (Å²) in [5.41, 5.74) is 15.6. The molecule has 0 aliphatic rings. The lowest BCUT2D eigenvalue weighted by Gasteiger charge is -2.22. The molecule has 0 saturated carbocycles. The van der Waals surface area contributed by atoms with Crippen molar-refractivity contribution in [2.45, 2.75) is 27.2 Å². The van der Waals surface area contributed by atoms with E-state index in [9.17, 15) is 0 Å². The van der Waals surface area contributed by atoms with Crippen molar-refractivity contribution in [3.05, 3.63) is 34.9 Å². The van der Waals surface area contributed by atoms with Crippen molar-refractivity contribution in [3.8, 4) is 0 Å². The van der Waals surface area contributed by atoms with Crippen molar-refractivity contribution < 1.29 is 0 Å². The summed E-state index contributed by atoms with van der Waals surface area (Å²) in [6.07, 6.45) is 1.08. The van der Waals surface area contributed by atoms with Gasteiger partial charge < -0.3 is 11.5 Å². The summed E-state index contributed by atoms with van der Waals surface area (Å²) in [4.78, 5) is 0. The molecular weight excluding hydrogens is 196 g/mol. The van der Waals surface area contributed by atoms with E-state index in [0.29, 0.717) is 24.9 Å². The predicted molar refractivity (Wildman–Crippen MR) is 70.4 cm³/mol. The van der Waals surface area contributed by atoms with Gasteiger partial charge in [-0.15, -0.1) is 0 Å². The maximum atomic E-state index is 5.73. The number of hydrogen-bond acceptors (Lipinski definition) is 2. The van der Waals surface area contributed by atoms with E-state index in [0.717, 1.165) is 6.42 Å². The Morgan fingerprint density at radius 3 is 2.31 bits per heavy atom. The first kappa shape index (κ1) is 13.2.